The van der Waals surface area contributed by atoms with Gasteiger partial charge in [-0.3, -0.25) is 14.7 Å². The van der Waals surface area contributed by atoms with E-state index in [-0.39, 0.29) is 10.8 Å². The molecular weight excluding hydrogens is 479 g/mol. The Balaban J connectivity index is 1.58. The van der Waals surface area contributed by atoms with Crippen molar-refractivity contribution < 1.29 is 22.4 Å². The maximum atomic E-state index is 13.5. The quantitative estimate of drug-likeness (QED) is 0.439. The number of benzene rings is 1. The van der Waals surface area contributed by atoms with Gasteiger partial charge in [-0.15, -0.1) is 0 Å². The highest BCUT2D eigenvalue weighted by molar-refractivity contribution is 7.81. The van der Waals surface area contributed by atoms with Crippen LogP contribution < -0.4 is 9.80 Å². The largest absolute Gasteiger partial charge is 0.449 e. The molecular formula is C24H20F3N5O2S. The number of amides is 1. The van der Waals surface area contributed by atoms with Crippen molar-refractivity contribution in [3.63, 3.8) is 0 Å². The number of halogens is 3. The normalized spacial score (nSPS) is 15.5. The minimum atomic E-state index is -4.76. The third kappa shape index (κ3) is 4.61. The predicted octanol–water partition coefficient (Wildman–Crippen LogP) is 5.05. The molecule has 1 saturated heterocycles. The molecule has 1 amide bonds. The molecule has 0 N–H and O–H groups in total. The number of anilines is 2. The monoisotopic (exact) mass is 499 g/mol. The predicted molar refractivity (Wildman–Crippen MR) is 126 cm³/mol. The van der Waals surface area contributed by atoms with Crippen molar-refractivity contribution in [1.29, 1.82) is 5.26 Å². The Morgan fingerprint density at radius 2 is 1.89 bits per heavy atom. The van der Waals surface area contributed by atoms with Gasteiger partial charge in [-0.25, -0.2) is 4.98 Å². The zero-order valence-electron chi connectivity index (χ0n) is 18.8. The zero-order chi connectivity index (χ0) is 25.4. The first kappa shape index (κ1) is 24.3. The smallest absolute Gasteiger partial charge is 0.417 e. The molecule has 7 nitrogen and oxygen atoms in total. The Labute approximate surface area is 204 Å². The number of carbonyl (C=O) groups excluding carboxylic acids is 1. The first-order valence-electron chi connectivity index (χ1n) is 10.7. The summed E-state index contributed by atoms with van der Waals surface area (Å²) in [5, 5.41) is 9.09. The molecule has 0 saturated carbocycles. The van der Waals surface area contributed by atoms with Crippen molar-refractivity contribution in [2.45, 2.75) is 44.8 Å². The number of hydrogen-bond donors (Lipinski definition) is 0. The second-order valence-corrected chi connectivity index (χ2v) is 8.81. The van der Waals surface area contributed by atoms with Gasteiger partial charge in [0.2, 0.25) is 0 Å². The number of thiocarbonyl (C=S) groups is 1. The van der Waals surface area contributed by atoms with Crippen molar-refractivity contribution >= 4 is 34.6 Å². The van der Waals surface area contributed by atoms with Gasteiger partial charge in [0.15, 0.2) is 11.0 Å². The second kappa shape index (κ2) is 9.11. The van der Waals surface area contributed by atoms with Crippen LogP contribution in [0.1, 0.15) is 43.0 Å². The fourth-order valence-corrected chi connectivity index (χ4v) is 4.48. The van der Waals surface area contributed by atoms with Gasteiger partial charge in [0.25, 0.3) is 5.91 Å². The molecule has 11 heteroatoms. The summed E-state index contributed by atoms with van der Waals surface area (Å²) in [4.78, 5) is 24.5. The summed E-state index contributed by atoms with van der Waals surface area (Å²) in [5.41, 5.74) is -1.52. The van der Waals surface area contributed by atoms with E-state index >= 15 is 0 Å². The van der Waals surface area contributed by atoms with Crippen LogP contribution in [0.5, 0.6) is 0 Å². The number of aryl methyl sites for hydroxylation is 2. The fraction of sp³-hybridized carbons (Fsp3) is 0.292. The molecule has 2 aromatic heterocycles. The third-order valence-electron chi connectivity index (χ3n) is 5.73. The van der Waals surface area contributed by atoms with Crippen LogP contribution >= 0.6 is 12.2 Å². The highest BCUT2D eigenvalue weighted by Gasteiger charge is 2.50. The minimum Gasteiger partial charge on any atom is -0.449 e. The Hall–Kier alpha value is -3.78. The van der Waals surface area contributed by atoms with E-state index in [4.69, 9.17) is 21.9 Å². The topological polar surface area (TPSA) is 86.3 Å². The molecule has 1 aromatic carbocycles. The summed E-state index contributed by atoms with van der Waals surface area (Å²) < 4.78 is 45.7. The van der Waals surface area contributed by atoms with Crippen LogP contribution in [0, 0.1) is 11.3 Å². The van der Waals surface area contributed by atoms with Crippen LogP contribution in [-0.2, 0) is 23.8 Å². The molecule has 3 heterocycles. The molecule has 4 rings (SSSR count). The lowest BCUT2D eigenvalue weighted by atomic mass is 10.0. The standard InChI is InChI=1S/C24H20F3N5O2S/c1-23(2)21(33)31(17-8-6-15(13-28)19(12-17)24(25,26)27)22(35)32(23)18-9-7-16(30-14-18)4-3-5-20-29-10-11-34-20/h6-12,14H,3-5H2,1-2H3. The Morgan fingerprint density at radius 1 is 1.14 bits per heavy atom. The lowest BCUT2D eigenvalue weighted by Crippen LogP contribution is -2.44. The Morgan fingerprint density at radius 3 is 2.49 bits per heavy atom. The molecule has 0 atom stereocenters. The van der Waals surface area contributed by atoms with Gasteiger partial charge in [-0.2, -0.15) is 18.4 Å². The van der Waals surface area contributed by atoms with Gasteiger partial charge < -0.3 is 9.32 Å². The van der Waals surface area contributed by atoms with Crippen LogP contribution in [0.4, 0.5) is 24.5 Å². The lowest BCUT2D eigenvalue weighted by Gasteiger charge is -2.29. The van der Waals surface area contributed by atoms with Crippen LogP contribution in [0.2, 0.25) is 0 Å². The molecule has 1 fully saturated rings. The van der Waals surface area contributed by atoms with Crippen molar-refractivity contribution in [3.05, 3.63) is 71.7 Å². The van der Waals surface area contributed by atoms with Gasteiger partial charge in [0.1, 0.15) is 11.8 Å². The second-order valence-electron chi connectivity index (χ2n) is 8.44. The maximum absolute atomic E-state index is 13.5. The lowest BCUT2D eigenvalue weighted by molar-refractivity contribution is -0.137. The van der Waals surface area contributed by atoms with Gasteiger partial charge >= 0.3 is 6.18 Å². The Kier molecular flexibility index (Phi) is 6.34. The van der Waals surface area contributed by atoms with Crippen LogP contribution in [-0.4, -0.2) is 26.5 Å². The van der Waals surface area contributed by atoms with E-state index in [9.17, 15) is 18.0 Å². The van der Waals surface area contributed by atoms with Gasteiger partial charge in [0, 0.05) is 12.1 Å². The molecule has 3 aromatic rings. The fourth-order valence-electron chi connectivity index (χ4n) is 3.95. The third-order valence-corrected chi connectivity index (χ3v) is 6.09. The van der Waals surface area contributed by atoms with Crippen molar-refractivity contribution in [2.24, 2.45) is 0 Å². The molecule has 1 aliphatic heterocycles. The van der Waals surface area contributed by atoms with E-state index in [1.54, 1.807) is 37.2 Å². The number of oxazole rings is 1. The first-order chi connectivity index (χ1) is 16.5. The van der Waals surface area contributed by atoms with Gasteiger partial charge in [-0.05, 0) is 69.2 Å². The van der Waals surface area contributed by atoms with Crippen molar-refractivity contribution in [1.82, 2.24) is 9.97 Å². The summed E-state index contributed by atoms with van der Waals surface area (Å²) in [7, 11) is 0. The maximum Gasteiger partial charge on any atom is 0.417 e. The number of nitriles is 1. The number of pyridine rings is 1. The highest BCUT2D eigenvalue weighted by Crippen LogP contribution is 2.39. The van der Waals surface area contributed by atoms with E-state index in [0.29, 0.717) is 24.4 Å². The van der Waals surface area contributed by atoms with Gasteiger partial charge in [0.05, 0.1) is 41.0 Å². The number of rotatable bonds is 6. The van der Waals surface area contributed by atoms with Crippen molar-refractivity contribution in [2.75, 3.05) is 9.80 Å². The highest BCUT2D eigenvalue weighted by atomic mass is 32.1. The Bertz CT molecular complexity index is 1300. The molecule has 0 bridgehead atoms. The molecule has 35 heavy (non-hydrogen) atoms. The average molecular weight is 500 g/mol. The van der Waals surface area contributed by atoms with Crippen LogP contribution in [0.25, 0.3) is 0 Å². The molecule has 180 valence electrons. The van der Waals surface area contributed by atoms with E-state index in [1.807, 2.05) is 6.07 Å². The van der Waals surface area contributed by atoms with Crippen molar-refractivity contribution in [3.8, 4) is 6.07 Å². The SMILES string of the molecule is CC1(C)C(=O)N(c2ccc(C#N)c(C(F)(F)F)c2)C(=S)N1c1ccc(CCCc2ncco2)nc1. The number of carbonyl (C=O) groups is 1. The number of nitrogens with zero attached hydrogens (tertiary/aromatic N) is 5. The summed E-state index contributed by atoms with van der Waals surface area (Å²) in [6.45, 7) is 3.28. The number of aromatic nitrogens is 2. The number of alkyl halides is 3. The van der Waals surface area contributed by atoms with Gasteiger partial charge in [-0.1, -0.05) is 0 Å². The zero-order valence-corrected chi connectivity index (χ0v) is 19.7. The minimum absolute atomic E-state index is 0.0243. The summed E-state index contributed by atoms with van der Waals surface area (Å²) in [5.74, 6) is 0.163. The molecule has 0 radical (unpaired) electrons. The van der Waals surface area contributed by atoms with E-state index < -0.39 is 28.7 Å². The number of hydrogen-bond acceptors (Lipinski definition) is 6. The first-order valence-corrected chi connectivity index (χ1v) is 11.1. The summed E-state index contributed by atoms with van der Waals surface area (Å²) in [6.07, 6.45) is 2.09. The summed E-state index contributed by atoms with van der Waals surface area (Å²) >= 11 is 5.54. The molecule has 0 aliphatic carbocycles. The summed E-state index contributed by atoms with van der Waals surface area (Å²) in [6, 6.07) is 8.23. The molecule has 0 unspecified atom stereocenters. The molecule has 0 spiro atoms. The molecule has 1 aliphatic rings. The van der Waals surface area contributed by atoms with Crippen LogP contribution in [0.3, 0.4) is 0 Å². The van der Waals surface area contributed by atoms with E-state index in [0.717, 1.165) is 29.1 Å². The average Bonchev–Trinajstić information content (AvgIpc) is 3.38. The van der Waals surface area contributed by atoms with E-state index in [1.165, 1.54) is 18.4 Å². The van der Waals surface area contributed by atoms with E-state index in [2.05, 4.69) is 9.97 Å². The van der Waals surface area contributed by atoms with Crippen LogP contribution in [0.15, 0.2) is 53.4 Å².